The molecule has 2 aromatic carbocycles. The number of nitrogens with one attached hydrogen (secondary N) is 2. The Morgan fingerprint density at radius 3 is 2.21 bits per heavy atom. The minimum Gasteiger partial charge on any atom is -0.481 e. The van der Waals surface area contributed by atoms with Crippen molar-refractivity contribution in [3.05, 3.63) is 59.7 Å². The van der Waals surface area contributed by atoms with Crippen LogP contribution in [0.2, 0.25) is 0 Å². The number of carboxylic acid groups (broad SMARTS) is 1. The molecule has 2 aliphatic rings. The molecule has 4 rings (SSSR count). The lowest BCUT2D eigenvalue weighted by molar-refractivity contribution is -0.142. The Morgan fingerprint density at radius 2 is 1.61 bits per heavy atom. The van der Waals surface area contributed by atoms with Crippen molar-refractivity contribution in [2.75, 3.05) is 6.61 Å². The summed E-state index contributed by atoms with van der Waals surface area (Å²) in [4.78, 5) is 36.4. The van der Waals surface area contributed by atoms with E-state index in [2.05, 4.69) is 34.9 Å². The van der Waals surface area contributed by atoms with E-state index < -0.39 is 23.5 Å². The van der Waals surface area contributed by atoms with Crippen molar-refractivity contribution in [1.82, 2.24) is 10.6 Å². The van der Waals surface area contributed by atoms with Gasteiger partial charge in [-0.3, -0.25) is 9.59 Å². The van der Waals surface area contributed by atoms with Crippen molar-refractivity contribution >= 4 is 18.0 Å². The molecule has 1 saturated carbocycles. The van der Waals surface area contributed by atoms with Gasteiger partial charge in [-0.15, -0.1) is 0 Å². The predicted octanol–water partition coefficient (Wildman–Crippen LogP) is 4.06. The van der Waals surface area contributed by atoms with Gasteiger partial charge in [-0.25, -0.2) is 4.79 Å². The first kappa shape index (κ1) is 22.8. The van der Waals surface area contributed by atoms with Crippen molar-refractivity contribution in [2.24, 2.45) is 5.92 Å². The second-order valence-electron chi connectivity index (χ2n) is 9.56. The number of carboxylic acids is 1. The molecule has 2 amide bonds. The van der Waals surface area contributed by atoms with Gasteiger partial charge in [0.05, 0.1) is 5.92 Å². The molecule has 2 atom stereocenters. The molecule has 2 aromatic rings. The highest BCUT2D eigenvalue weighted by Gasteiger charge is 2.35. The van der Waals surface area contributed by atoms with E-state index in [0.717, 1.165) is 28.7 Å². The summed E-state index contributed by atoms with van der Waals surface area (Å²) in [6.45, 7) is 3.69. The third kappa shape index (κ3) is 5.02. The Kier molecular flexibility index (Phi) is 6.40. The van der Waals surface area contributed by atoms with Crippen LogP contribution in [0.4, 0.5) is 4.79 Å². The summed E-state index contributed by atoms with van der Waals surface area (Å²) < 4.78 is 5.58. The van der Waals surface area contributed by atoms with Crippen LogP contribution in [0.1, 0.15) is 56.6 Å². The third-order valence-electron chi connectivity index (χ3n) is 6.57. The Balaban J connectivity index is 1.32. The predicted molar refractivity (Wildman–Crippen MR) is 124 cm³/mol. The van der Waals surface area contributed by atoms with E-state index in [1.165, 1.54) is 0 Å². The molecule has 0 unspecified atom stereocenters. The first-order valence-corrected chi connectivity index (χ1v) is 11.4. The highest BCUT2D eigenvalue weighted by Crippen LogP contribution is 2.44. The summed E-state index contributed by atoms with van der Waals surface area (Å²) in [5.74, 6) is -1.75. The maximum Gasteiger partial charge on any atom is 0.407 e. The first-order chi connectivity index (χ1) is 15.7. The van der Waals surface area contributed by atoms with Gasteiger partial charge in [-0.1, -0.05) is 55.0 Å². The third-order valence-corrected chi connectivity index (χ3v) is 6.57. The van der Waals surface area contributed by atoms with Crippen LogP contribution in [-0.4, -0.2) is 41.3 Å². The van der Waals surface area contributed by atoms with E-state index in [4.69, 9.17) is 4.74 Å². The Hall–Kier alpha value is -3.35. The number of aliphatic carboxylic acids is 1. The van der Waals surface area contributed by atoms with Crippen LogP contribution in [0.25, 0.3) is 11.1 Å². The Bertz CT molecular complexity index is 1020. The van der Waals surface area contributed by atoms with Crippen LogP contribution in [0, 0.1) is 5.92 Å². The van der Waals surface area contributed by atoms with Gasteiger partial charge in [0.1, 0.15) is 6.61 Å². The number of hydrogen-bond donors (Lipinski definition) is 3. The summed E-state index contributed by atoms with van der Waals surface area (Å²) in [5.41, 5.74) is 3.74. The van der Waals surface area contributed by atoms with Gasteiger partial charge >= 0.3 is 12.1 Å². The standard InChI is InChI=1S/C26H30N2O5/c1-26(2,14-23(29)27-22-13-7-12-20(22)24(30)31)28-25(32)33-15-21-18-10-5-3-8-16(18)17-9-4-6-11-19(17)21/h3-6,8-11,20-22H,7,12-15H2,1-2H3,(H,27,29)(H,28,32)(H,30,31)/t20-,22+/m0/s1. The first-order valence-electron chi connectivity index (χ1n) is 11.4. The molecule has 1 fully saturated rings. The average Bonchev–Trinajstić information content (AvgIpc) is 3.34. The van der Waals surface area contributed by atoms with Crippen LogP contribution in [0.3, 0.4) is 0 Å². The fourth-order valence-electron chi connectivity index (χ4n) is 5.04. The van der Waals surface area contributed by atoms with Crippen LogP contribution in [-0.2, 0) is 14.3 Å². The Morgan fingerprint density at radius 1 is 1.00 bits per heavy atom. The van der Waals surface area contributed by atoms with E-state index in [-0.39, 0.29) is 30.9 Å². The Labute approximate surface area is 193 Å². The van der Waals surface area contributed by atoms with Crippen LogP contribution in [0.5, 0.6) is 0 Å². The highest BCUT2D eigenvalue weighted by atomic mass is 16.5. The second-order valence-corrected chi connectivity index (χ2v) is 9.56. The van der Waals surface area contributed by atoms with E-state index >= 15 is 0 Å². The van der Waals surface area contributed by atoms with Gasteiger partial charge in [0.2, 0.25) is 5.91 Å². The van der Waals surface area contributed by atoms with Gasteiger partial charge in [0.25, 0.3) is 0 Å². The maximum atomic E-state index is 12.6. The van der Waals surface area contributed by atoms with Gasteiger partial charge in [-0.05, 0) is 48.9 Å². The molecular formula is C26H30N2O5. The van der Waals surface area contributed by atoms with Crippen LogP contribution < -0.4 is 10.6 Å². The molecule has 7 nitrogen and oxygen atoms in total. The topological polar surface area (TPSA) is 105 Å². The molecule has 0 saturated heterocycles. The lowest BCUT2D eigenvalue weighted by atomic mass is 9.98. The summed E-state index contributed by atoms with van der Waals surface area (Å²) >= 11 is 0. The van der Waals surface area contributed by atoms with Crippen molar-refractivity contribution < 1.29 is 24.2 Å². The van der Waals surface area contributed by atoms with Gasteiger partial charge < -0.3 is 20.5 Å². The lowest BCUT2D eigenvalue weighted by Gasteiger charge is -2.27. The smallest absolute Gasteiger partial charge is 0.407 e. The number of carbonyl (C=O) groups excluding carboxylic acids is 2. The van der Waals surface area contributed by atoms with Gasteiger partial charge in [0.15, 0.2) is 0 Å². The van der Waals surface area contributed by atoms with Gasteiger partial charge in [0, 0.05) is 23.9 Å². The molecule has 0 spiro atoms. The molecule has 0 radical (unpaired) electrons. The monoisotopic (exact) mass is 450 g/mol. The van der Waals surface area contributed by atoms with E-state index in [9.17, 15) is 19.5 Å². The molecular weight excluding hydrogens is 420 g/mol. The zero-order valence-corrected chi connectivity index (χ0v) is 19.0. The zero-order chi connectivity index (χ0) is 23.6. The molecule has 0 aliphatic heterocycles. The molecule has 7 heteroatoms. The number of fused-ring (bicyclic) bond motifs is 3. The largest absolute Gasteiger partial charge is 0.481 e. The summed E-state index contributed by atoms with van der Waals surface area (Å²) in [5, 5.41) is 14.9. The fourth-order valence-corrected chi connectivity index (χ4v) is 5.04. The average molecular weight is 451 g/mol. The van der Waals surface area contributed by atoms with Crippen molar-refractivity contribution in [3.63, 3.8) is 0 Å². The molecule has 2 aliphatic carbocycles. The quantitative estimate of drug-likeness (QED) is 0.590. The number of amides is 2. The molecule has 0 heterocycles. The van der Waals surface area contributed by atoms with E-state index in [1.54, 1.807) is 13.8 Å². The van der Waals surface area contributed by atoms with Gasteiger partial charge in [-0.2, -0.15) is 0 Å². The molecule has 174 valence electrons. The minimum atomic E-state index is -0.881. The normalized spacial score (nSPS) is 19.5. The number of hydrogen-bond acceptors (Lipinski definition) is 4. The minimum absolute atomic E-state index is 0.0278. The molecule has 0 aromatic heterocycles. The van der Waals surface area contributed by atoms with Crippen molar-refractivity contribution in [3.8, 4) is 11.1 Å². The number of carbonyl (C=O) groups is 3. The van der Waals surface area contributed by atoms with E-state index in [0.29, 0.717) is 12.8 Å². The number of ether oxygens (including phenoxy) is 1. The summed E-state index contributed by atoms with van der Waals surface area (Å²) in [7, 11) is 0. The fraction of sp³-hybridized carbons (Fsp3) is 0.423. The van der Waals surface area contributed by atoms with Crippen molar-refractivity contribution in [1.29, 1.82) is 0 Å². The van der Waals surface area contributed by atoms with Crippen molar-refractivity contribution in [2.45, 2.75) is 57.0 Å². The lowest BCUT2D eigenvalue weighted by Crippen LogP contribution is -2.49. The summed E-state index contributed by atoms with van der Waals surface area (Å²) in [6.07, 6.45) is 1.45. The summed E-state index contributed by atoms with van der Waals surface area (Å²) in [6, 6.07) is 15.9. The number of benzene rings is 2. The number of rotatable bonds is 7. The molecule has 3 N–H and O–H groups in total. The maximum absolute atomic E-state index is 12.6. The van der Waals surface area contributed by atoms with Crippen LogP contribution >= 0.6 is 0 Å². The highest BCUT2D eigenvalue weighted by molar-refractivity contribution is 5.81. The molecule has 0 bridgehead atoms. The van der Waals surface area contributed by atoms with Crippen LogP contribution in [0.15, 0.2) is 48.5 Å². The molecule has 33 heavy (non-hydrogen) atoms. The van der Waals surface area contributed by atoms with E-state index in [1.807, 2.05) is 24.3 Å². The second kappa shape index (κ2) is 9.25. The zero-order valence-electron chi connectivity index (χ0n) is 19.0. The number of alkyl carbamates (subject to hydrolysis) is 1. The SMILES string of the molecule is CC(C)(CC(=O)N[C@@H]1CCC[C@@H]1C(=O)O)NC(=O)OCC1c2ccccc2-c2ccccc21.